The van der Waals surface area contributed by atoms with Crippen molar-refractivity contribution in [3.63, 3.8) is 0 Å². The second kappa shape index (κ2) is 8.42. The molecule has 0 fully saturated rings. The van der Waals surface area contributed by atoms with Crippen molar-refractivity contribution in [1.82, 2.24) is 4.72 Å². The van der Waals surface area contributed by atoms with Crippen LogP contribution < -0.4 is 10.3 Å². The van der Waals surface area contributed by atoms with Gasteiger partial charge in [-0.3, -0.25) is 0 Å². The number of para-hydroxylation sites is 1. The average molecular weight is 516 g/mol. The third kappa shape index (κ3) is 4.14. The molecule has 32 heavy (non-hydrogen) atoms. The molecule has 0 aliphatic rings. The molecule has 1 atom stereocenters. The molecule has 7 nitrogen and oxygen atoms in total. The Balaban J connectivity index is 1.96. The van der Waals surface area contributed by atoms with Gasteiger partial charge in [0.1, 0.15) is 22.6 Å². The first-order valence-corrected chi connectivity index (χ1v) is 11.8. The number of aromatic hydroxyl groups is 2. The summed E-state index contributed by atoms with van der Waals surface area (Å²) in [7, 11) is -4.16. The quantitative estimate of drug-likeness (QED) is 0.340. The van der Waals surface area contributed by atoms with Crippen molar-refractivity contribution in [1.29, 1.82) is 0 Å². The smallest absolute Gasteiger partial charge is 0.345 e. The average Bonchev–Trinajstić information content (AvgIpc) is 2.75. The van der Waals surface area contributed by atoms with Crippen molar-refractivity contribution >= 4 is 36.9 Å². The van der Waals surface area contributed by atoms with Crippen LogP contribution in [0.1, 0.15) is 22.7 Å². The van der Waals surface area contributed by atoms with Crippen LogP contribution in [0.25, 0.3) is 11.0 Å². The molecule has 0 radical (unpaired) electrons. The molecule has 1 aromatic heterocycles. The fourth-order valence-electron chi connectivity index (χ4n) is 3.38. The van der Waals surface area contributed by atoms with Gasteiger partial charge in [0, 0.05) is 10.0 Å². The molecule has 3 aromatic carbocycles. The van der Waals surface area contributed by atoms with Gasteiger partial charge in [-0.05, 0) is 49.4 Å². The van der Waals surface area contributed by atoms with Crippen molar-refractivity contribution in [3.05, 3.63) is 98.3 Å². The Morgan fingerprint density at radius 1 is 1.00 bits per heavy atom. The van der Waals surface area contributed by atoms with Gasteiger partial charge in [0.15, 0.2) is 0 Å². The topological polar surface area (TPSA) is 117 Å². The van der Waals surface area contributed by atoms with Crippen LogP contribution in [0.15, 0.2) is 85.3 Å². The fourth-order valence-corrected chi connectivity index (χ4v) is 4.94. The molecule has 4 aromatic rings. The minimum atomic E-state index is -4.16. The van der Waals surface area contributed by atoms with Gasteiger partial charge in [0.05, 0.1) is 16.3 Å². The number of nitrogens with one attached hydrogen (secondary N) is 1. The maximum atomic E-state index is 13.2. The summed E-state index contributed by atoms with van der Waals surface area (Å²) in [5.74, 6) is -0.704. The predicted octanol–water partition coefficient (Wildman–Crippen LogP) is 4.34. The van der Waals surface area contributed by atoms with E-state index >= 15 is 0 Å². The number of benzene rings is 3. The zero-order chi connectivity index (χ0) is 23.0. The largest absolute Gasteiger partial charge is 0.508 e. The Bertz CT molecular complexity index is 1480. The molecule has 9 heteroatoms. The standard InChI is InChI=1S/C23H18BrNO6S/c1-13-6-9-15(10-7-13)32(29,30)25-21(17-12-14(24)8-11-18(17)26)20-22(27)16-4-2-3-5-19(16)31-23(20)28/h2-12,21,25-27H,1H3. The number of rotatable bonds is 5. The van der Waals surface area contributed by atoms with E-state index in [4.69, 9.17) is 4.42 Å². The SMILES string of the molecule is Cc1ccc(S(=O)(=O)NC(c2cc(Br)ccc2O)c2c(O)c3ccccc3oc2=O)cc1. The summed E-state index contributed by atoms with van der Waals surface area (Å²) in [5, 5.41) is 21.7. The van der Waals surface area contributed by atoms with Gasteiger partial charge in [-0.25, -0.2) is 13.2 Å². The maximum Gasteiger partial charge on any atom is 0.345 e. The molecule has 0 aliphatic carbocycles. The number of phenols is 1. The van der Waals surface area contributed by atoms with Gasteiger partial charge in [-0.2, -0.15) is 4.72 Å². The molecule has 0 amide bonds. The molecule has 4 rings (SSSR count). The van der Waals surface area contributed by atoms with Crippen LogP contribution in [0.3, 0.4) is 0 Å². The third-order valence-electron chi connectivity index (χ3n) is 5.01. The lowest BCUT2D eigenvalue weighted by Crippen LogP contribution is -2.32. The Morgan fingerprint density at radius 3 is 2.41 bits per heavy atom. The number of hydrogen-bond acceptors (Lipinski definition) is 6. The molecule has 1 heterocycles. The lowest BCUT2D eigenvalue weighted by atomic mass is 9.98. The van der Waals surface area contributed by atoms with Crippen molar-refractivity contribution in [2.24, 2.45) is 0 Å². The van der Waals surface area contributed by atoms with Gasteiger partial charge in [-0.1, -0.05) is 45.8 Å². The van der Waals surface area contributed by atoms with Gasteiger partial charge in [-0.15, -0.1) is 0 Å². The summed E-state index contributed by atoms with van der Waals surface area (Å²) in [6, 6.07) is 15.4. The number of hydrogen-bond donors (Lipinski definition) is 3. The summed E-state index contributed by atoms with van der Waals surface area (Å²) >= 11 is 3.29. The van der Waals surface area contributed by atoms with Gasteiger partial charge < -0.3 is 14.6 Å². The van der Waals surface area contributed by atoms with E-state index in [0.29, 0.717) is 4.47 Å². The minimum Gasteiger partial charge on any atom is -0.508 e. The molecular weight excluding hydrogens is 498 g/mol. The first-order chi connectivity index (χ1) is 15.2. The maximum absolute atomic E-state index is 13.2. The van der Waals surface area contributed by atoms with E-state index in [9.17, 15) is 23.4 Å². The number of halogens is 1. The van der Waals surface area contributed by atoms with E-state index in [1.165, 1.54) is 30.3 Å². The van der Waals surface area contributed by atoms with E-state index in [1.54, 1.807) is 36.4 Å². The van der Waals surface area contributed by atoms with Crippen LogP contribution in [-0.4, -0.2) is 18.6 Å². The van der Waals surface area contributed by atoms with Crippen LogP contribution >= 0.6 is 15.9 Å². The second-order valence-corrected chi connectivity index (χ2v) is 9.85. The highest BCUT2D eigenvalue weighted by Gasteiger charge is 2.31. The lowest BCUT2D eigenvalue weighted by Gasteiger charge is -2.21. The fraction of sp³-hybridized carbons (Fsp3) is 0.0870. The monoisotopic (exact) mass is 515 g/mol. The van der Waals surface area contributed by atoms with Crippen LogP contribution in [0.2, 0.25) is 0 Å². The van der Waals surface area contributed by atoms with Gasteiger partial charge in [0.25, 0.3) is 0 Å². The van der Waals surface area contributed by atoms with Crippen LogP contribution in [-0.2, 0) is 10.0 Å². The third-order valence-corrected chi connectivity index (χ3v) is 6.95. The number of fused-ring (bicyclic) bond motifs is 1. The minimum absolute atomic E-state index is 0.0350. The summed E-state index contributed by atoms with van der Waals surface area (Å²) in [6.45, 7) is 1.82. The van der Waals surface area contributed by atoms with E-state index in [1.807, 2.05) is 6.92 Å². The highest BCUT2D eigenvalue weighted by molar-refractivity contribution is 9.10. The molecule has 0 saturated carbocycles. The zero-order valence-electron chi connectivity index (χ0n) is 16.7. The molecule has 0 bridgehead atoms. The molecule has 1 unspecified atom stereocenters. The molecule has 0 aliphatic heterocycles. The first kappa shape index (κ1) is 22.1. The summed E-state index contributed by atoms with van der Waals surface area (Å²) in [4.78, 5) is 12.8. The molecule has 164 valence electrons. The van der Waals surface area contributed by atoms with E-state index in [0.717, 1.165) is 5.56 Å². The Kier molecular flexibility index (Phi) is 5.81. The van der Waals surface area contributed by atoms with Crippen molar-refractivity contribution in [3.8, 4) is 11.5 Å². The highest BCUT2D eigenvalue weighted by Crippen LogP contribution is 2.37. The molecule has 0 spiro atoms. The Hall–Kier alpha value is -3.14. The van der Waals surface area contributed by atoms with E-state index in [2.05, 4.69) is 20.7 Å². The number of sulfonamides is 1. The Labute approximate surface area is 192 Å². The normalized spacial score (nSPS) is 12.7. The van der Waals surface area contributed by atoms with Gasteiger partial charge >= 0.3 is 5.63 Å². The van der Waals surface area contributed by atoms with E-state index < -0.39 is 27.4 Å². The predicted molar refractivity (Wildman–Crippen MR) is 123 cm³/mol. The summed E-state index contributed by atoms with van der Waals surface area (Å²) < 4.78 is 34.7. The van der Waals surface area contributed by atoms with Gasteiger partial charge in [0.2, 0.25) is 10.0 Å². The van der Waals surface area contributed by atoms with Crippen molar-refractivity contribution < 1.29 is 23.0 Å². The van der Waals surface area contributed by atoms with Crippen LogP contribution in [0, 0.1) is 6.92 Å². The lowest BCUT2D eigenvalue weighted by molar-refractivity contribution is 0.439. The van der Waals surface area contributed by atoms with E-state index in [-0.39, 0.29) is 32.7 Å². The molecular formula is C23H18BrNO6S. The molecule has 0 saturated heterocycles. The van der Waals surface area contributed by atoms with Crippen LogP contribution in [0.5, 0.6) is 11.5 Å². The number of phenolic OH excluding ortho intramolecular Hbond substituents is 1. The highest BCUT2D eigenvalue weighted by atomic mass is 79.9. The van der Waals surface area contributed by atoms with Crippen molar-refractivity contribution in [2.45, 2.75) is 17.9 Å². The first-order valence-electron chi connectivity index (χ1n) is 9.49. The summed E-state index contributed by atoms with van der Waals surface area (Å²) in [6.07, 6.45) is 0. The molecule has 3 N–H and O–H groups in total. The second-order valence-electron chi connectivity index (χ2n) is 7.22. The Morgan fingerprint density at radius 2 is 1.69 bits per heavy atom. The van der Waals surface area contributed by atoms with Crippen molar-refractivity contribution in [2.75, 3.05) is 0 Å². The number of aryl methyl sites for hydroxylation is 1. The zero-order valence-corrected chi connectivity index (χ0v) is 19.1. The van der Waals surface area contributed by atoms with Crippen LogP contribution in [0.4, 0.5) is 0 Å². The summed E-state index contributed by atoms with van der Waals surface area (Å²) in [5.41, 5.74) is -0.187.